The minimum absolute atomic E-state index is 0.160. The molecule has 1 aromatic rings. The molecule has 22 heavy (non-hydrogen) atoms. The van der Waals surface area contributed by atoms with Crippen molar-refractivity contribution < 1.29 is 19.3 Å². The number of aliphatic hydroxyl groups excluding tert-OH is 1. The van der Waals surface area contributed by atoms with Crippen molar-refractivity contribution >= 4 is 11.6 Å². The van der Waals surface area contributed by atoms with Crippen LogP contribution in [-0.2, 0) is 12.0 Å². The Morgan fingerprint density at radius 2 is 2.18 bits per heavy atom. The van der Waals surface area contributed by atoms with Crippen LogP contribution in [0.15, 0.2) is 35.1 Å². The minimum Gasteiger partial charge on any atom is -0.495 e. The van der Waals surface area contributed by atoms with E-state index in [1.807, 2.05) is 0 Å². The molecule has 0 aliphatic rings. The van der Waals surface area contributed by atoms with Gasteiger partial charge in [-0.2, -0.15) is 0 Å². The molecule has 0 fully saturated rings. The second kappa shape index (κ2) is 8.27. The lowest BCUT2D eigenvalue weighted by Crippen LogP contribution is -2.27. The predicted molar refractivity (Wildman–Crippen MR) is 84.6 cm³/mol. The maximum absolute atomic E-state index is 13.5. The highest BCUT2D eigenvalue weighted by Gasteiger charge is 2.24. The van der Waals surface area contributed by atoms with Crippen molar-refractivity contribution in [3.8, 4) is 5.75 Å². The molecule has 0 aliphatic heterocycles. The van der Waals surface area contributed by atoms with Crippen molar-refractivity contribution in [3.63, 3.8) is 0 Å². The Morgan fingerprint density at radius 1 is 1.50 bits per heavy atom. The molecular formula is C16H21ClFNO3. The second-order valence-corrected chi connectivity index (χ2v) is 5.45. The van der Waals surface area contributed by atoms with Gasteiger partial charge in [0.1, 0.15) is 17.2 Å². The molecule has 0 aromatic carbocycles. The van der Waals surface area contributed by atoms with Crippen LogP contribution >= 0.6 is 11.6 Å². The van der Waals surface area contributed by atoms with Gasteiger partial charge in [-0.15, -0.1) is 0 Å². The summed E-state index contributed by atoms with van der Waals surface area (Å²) in [6.07, 6.45) is 3.59. The van der Waals surface area contributed by atoms with E-state index in [4.69, 9.17) is 16.3 Å². The van der Waals surface area contributed by atoms with Crippen LogP contribution in [0.1, 0.15) is 31.7 Å². The monoisotopic (exact) mass is 329 g/mol. The fraction of sp³-hybridized carbons (Fsp3) is 0.438. The first-order valence-electron chi connectivity index (χ1n) is 6.94. The molecule has 1 atom stereocenters. The molecule has 0 saturated heterocycles. The lowest BCUT2D eigenvalue weighted by atomic mass is 10.0. The number of allylic oxidation sites excluding steroid dienone is 4. The van der Waals surface area contributed by atoms with Gasteiger partial charge in [0, 0.05) is 6.42 Å². The van der Waals surface area contributed by atoms with Gasteiger partial charge in [0.05, 0.1) is 30.1 Å². The summed E-state index contributed by atoms with van der Waals surface area (Å²) in [7, 11) is 1.50. The lowest BCUT2D eigenvalue weighted by molar-refractivity contribution is -0.00603. The predicted octanol–water partition coefficient (Wildman–Crippen LogP) is 3.22. The largest absolute Gasteiger partial charge is 0.495 e. The fourth-order valence-electron chi connectivity index (χ4n) is 1.73. The van der Waals surface area contributed by atoms with Gasteiger partial charge in [-0.3, -0.25) is 4.98 Å². The molecule has 0 radical (unpaired) electrons. The summed E-state index contributed by atoms with van der Waals surface area (Å²) in [6.45, 7) is 2.77. The molecule has 1 aromatic heterocycles. The second-order valence-electron chi connectivity index (χ2n) is 4.99. The number of hydrogen-bond donors (Lipinski definition) is 2. The van der Waals surface area contributed by atoms with Gasteiger partial charge in [0.25, 0.3) is 0 Å². The van der Waals surface area contributed by atoms with E-state index in [2.05, 4.69) is 4.98 Å². The van der Waals surface area contributed by atoms with E-state index in [-0.39, 0.29) is 5.03 Å². The summed E-state index contributed by atoms with van der Waals surface area (Å²) >= 11 is 5.71. The highest BCUT2D eigenvalue weighted by molar-refractivity contribution is 6.29. The van der Waals surface area contributed by atoms with Gasteiger partial charge in [-0.05, 0) is 31.6 Å². The maximum Gasteiger partial charge on any atom is 0.140 e. The molecule has 1 rings (SSSR count). The molecular weight excluding hydrogens is 309 g/mol. The lowest BCUT2D eigenvalue weighted by Gasteiger charge is -2.20. The smallest absolute Gasteiger partial charge is 0.140 e. The highest BCUT2D eigenvalue weighted by atomic mass is 35.5. The number of aromatic nitrogens is 1. The normalized spacial score (nSPS) is 15.6. The van der Waals surface area contributed by atoms with Crippen molar-refractivity contribution in [2.45, 2.75) is 32.3 Å². The van der Waals surface area contributed by atoms with Crippen molar-refractivity contribution in [1.82, 2.24) is 4.98 Å². The molecule has 1 unspecified atom stereocenters. The van der Waals surface area contributed by atoms with Crippen LogP contribution in [0.4, 0.5) is 4.39 Å². The Labute approximate surface area is 134 Å². The SMILES string of the molecule is CC/C(Cl)=C(F)\C=C/Cc1nc(C(C)(O)CO)ccc1OC. The van der Waals surface area contributed by atoms with Crippen molar-refractivity contribution in [1.29, 1.82) is 0 Å². The van der Waals surface area contributed by atoms with Crippen LogP contribution in [0.3, 0.4) is 0 Å². The maximum atomic E-state index is 13.5. The summed E-state index contributed by atoms with van der Waals surface area (Å²) in [4.78, 5) is 4.29. The zero-order valence-corrected chi connectivity index (χ0v) is 13.7. The first-order valence-corrected chi connectivity index (χ1v) is 7.31. The van der Waals surface area contributed by atoms with E-state index in [0.29, 0.717) is 30.0 Å². The molecule has 0 aliphatic carbocycles. The van der Waals surface area contributed by atoms with E-state index in [0.717, 1.165) is 0 Å². The number of pyridine rings is 1. The number of aliphatic hydroxyl groups is 2. The van der Waals surface area contributed by atoms with Gasteiger partial charge in [0.2, 0.25) is 0 Å². The number of hydrogen-bond acceptors (Lipinski definition) is 4. The summed E-state index contributed by atoms with van der Waals surface area (Å²) in [5.74, 6) is 0.0368. The minimum atomic E-state index is -1.44. The van der Waals surface area contributed by atoms with E-state index >= 15 is 0 Å². The number of methoxy groups -OCH3 is 1. The van der Waals surface area contributed by atoms with Crippen molar-refractivity contribution in [2.75, 3.05) is 13.7 Å². The number of nitrogens with zero attached hydrogens (tertiary/aromatic N) is 1. The Hall–Kier alpha value is -1.43. The van der Waals surface area contributed by atoms with E-state index in [1.165, 1.54) is 20.1 Å². The molecule has 0 amide bonds. The summed E-state index contributed by atoms with van der Waals surface area (Å²) < 4.78 is 18.7. The molecule has 1 heterocycles. The van der Waals surface area contributed by atoms with Crippen LogP contribution in [0.5, 0.6) is 5.75 Å². The highest BCUT2D eigenvalue weighted by Crippen LogP contribution is 2.24. The van der Waals surface area contributed by atoms with Crippen LogP contribution in [0.25, 0.3) is 0 Å². The van der Waals surface area contributed by atoms with Gasteiger partial charge < -0.3 is 14.9 Å². The van der Waals surface area contributed by atoms with Gasteiger partial charge in [-0.1, -0.05) is 24.6 Å². The molecule has 0 saturated carbocycles. The first kappa shape index (κ1) is 18.6. The molecule has 6 heteroatoms. The Balaban J connectivity index is 3.03. The zero-order valence-electron chi connectivity index (χ0n) is 12.9. The quantitative estimate of drug-likeness (QED) is 0.754. The molecule has 0 bridgehead atoms. The molecule has 122 valence electrons. The van der Waals surface area contributed by atoms with E-state index in [9.17, 15) is 14.6 Å². The van der Waals surface area contributed by atoms with Gasteiger partial charge >= 0.3 is 0 Å². The average Bonchev–Trinajstić information content (AvgIpc) is 2.53. The van der Waals surface area contributed by atoms with E-state index in [1.54, 1.807) is 25.1 Å². The third-order valence-electron chi connectivity index (χ3n) is 3.16. The zero-order chi connectivity index (χ0) is 16.8. The number of rotatable bonds is 7. The average molecular weight is 330 g/mol. The van der Waals surface area contributed by atoms with Crippen LogP contribution in [0, 0.1) is 0 Å². The Bertz CT molecular complexity index is 571. The van der Waals surface area contributed by atoms with Gasteiger partial charge in [0.15, 0.2) is 0 Å². The van der Waals surface area contributed by atoms with Crippen molar-refractivity contribution in [3.05, 3.63) is 46.5 Å². The topological polar surface area (TPSA) is 62.6 Å². The summed E-state index contributed by atoms with van der Waals surface area (Å²) in [5.41, 5.74) is -0.589. The first-order chi connectivity index (χ1) is 10.4. The number of ether oxygens (including phenoxy) is 1. The third-order valence-corrected chi connectivity index (χ3v) is 3.60. The fourth-order valence-corrected chi connectivity index (χ4v) is 1.80. The van der Waals surface area contributed by atoms with Crippen molar-refractivity contribution in [2.24, 2.45) is 0 Å². The molecule has 4 nitrogen and oxygen atoms in total. The number of halogens is 2. The molecule has 2 N–H and O–H groups in total. The van der Waals surface area contributed by atoms with Gasteiger partial charge in [-0.25, -0.2) is 4.39 Å². The molecule has 0 spiro atoms. The van der Waals surface area contributed by atoms with E-state index < -0.39 is 18.0 Å². The third kappa shape index (κ3) is 4.80. The van der Waals surface area contributed by atoms with Crippen LogP contribution in [-0.4, -0.2) is 28.9 Å². The van der Waals surface area contributed by atoms with Crippen LogP contribution in [0.2, 0.25) is 0 Å². The Kier molecular flexibility index (Phi) is 7.00. The standard InChI is InChI=1S/C16H21ClFNO3/c1-4-11(17)12(18)6-5-7-13-14(22-3)8-9-15(19-13)16(2,21)10-20/h5-6,8-9,20-21H,4,7,10H2,1-3H3/b6-5-,12-11-. The summed E-state index contributed by atoms with van der Waals surface area (Å²) in [6, 6.07) is 3.23. The summed E-state index contributed by atoms with van der Waals surface area (Å²) in [5, 5.41) is 19.4. The van der Waals surface area contributed by atoms with Crippen LogP contribution < -0.4 is 4.74 Å². The Morgan fingerprint density at radius 3 is 2.73 bits per heavy atom.